The van der Waals surface area contributed by atoms with Crippen LogP contribution in [0.2, 0.25) is 0 Å². The van der Waals surface area contributed by atoms with Crippen molar-refractivity contribution >= 4 is 17.9 Å². The van der Waals surface area contributed by atoms with Crippen molar-refractivity contribution in [1.29, 1.82) is 0 Å². The molecule has 61 heavy (non-hydrogen) atoms. The highest BCUT2D eigenvalue weighted by molar-refractivity contribution is 5.71. The predicted molar refractivity (Wildman–Crippen MR) is 261 cm³/mol. The molecule has 362 valence electrons. The molecule has 0 aromatic carbocycles. The quantitative estimate of drug-likeness (QED) is 0.0344. The Bertz CT molecular complexity index is 947. The summed E-state index contributed by atoms with van der Waals surface area (Å²) in [4.78, 5) is 38.0. The van der Waals surface area contributed by atoms with Gasteiger partial charge in [-0.3, -0.25) is 14.4 Å². The molecule has 0 heterocycles. The van der Waals surface area contributed by atoms with E-state index < -0.39 is 6.10 Å². The molecule has 6 heteroatoms. The van der Waals surface area contributed by atoms with Gasteiger partial charge in [0.05, 0.1) is 0 Å². The Morgan fingerprint density at radius 1 is 0.328 bits per heavy atom. The van der Waals surface area contributed by atoms with Gasteiger partial charge in [0.2, 0.25) is 0 Å². The molecule has 0 saturated carbocycles. The summed E-state index contributed by atoms with van der Waals surface area (Å²) < 4.78 is 16.8. The molecule has 0 aliphatic rings. The second-order valence-electron chi connectivity index (χ2n) is 20.1. The van der Waals surface area contributed by atoms with Gasteiger partial charge in [0, 0.05) is 19.3 Å². The molecule has 0 rings (SSSR count). The van der Waals surface area contributed by atoms with E-state index in [-0.39, 0.29) is 31.1 Å². The summed E-state index contributed by atoms with van der Waals surface area (Å²) in [6.45, 7) is 13.7. The minimum absolute atomic E-state index is 0.0649. The molecule has 0 bridgehead atoms. The van der Waals surface area contributed by atoms with E-state index in [0.29, 0.717) is 19.3 Å². The fourth-order valence-electron chi connectivity index (χ4n) is 8.26. The lowest BCUT2D eigenvalue weighted by Crippen LogP contribution is -2.30. The van der Waals surface area contributed by atoms with Gasteiger partial charge in [0.1, 0.15) is 13.2 Å². The maximum Gasteiger partial charge on any atom is 0.306 e. The molecular formula is C55H106O6. The fraction of sp³-hybridized carbons (Fsp3) is 0.945. The van der Waals surface area contributed by atoms with Crippen LogP contribution in [0.4, 0.5) is 0 Å². The highest BCUT2D eigenvalue weighted by atomic mass is 16.6. The molecule has 2 atom stereocenters. The summed E-state index contributed by atoms with van der Waals surface area (Å²) in [6.07, 6.45) is 46.6. The standard InChI is InChI=1S/C55H106O6/c1-7-51(6)43-37-31-25-21-22-27-33-39-45-54(57)60-48-52(47-59-53(56)44-38-32-26-20-16-18-24-30-36-42-50(4)5)61-55(58)46-40-34-28-19-15-13-11-9-8-10-12-14-17-23-29-35-41-49(2)3/h49-52H,7-48H2,1-6H3/t51?,52-/m1/s1. The molecule has 0 fully saturated rings. The normalized spacial score (nSPS) is 12.6. The minimum atomic E-state index is -0.763. The molecule has 0 amide bonds. The maximum atomic E-state index is 12.8. The van der Waals surface area contributed by atoms with E-state index in [9.17, 15) is 14.4 Å². The van der Waals surface area contributed by atoms with Gasteiger partial charge in [-0.25, -0.2) is 0 Å². The van der Waals surface area contributed by atoms with E-state index in [1.54, 1.807) is 0 Å². The van der Waals surface area contributed by atoms with Gasteiger partial charge in [-0.05, 0) is 37.0 Å². The van der Waals surface area contributed by atoms with Crippen molar-refractivity contribution in [2.75, 3.05) is 13.2 Å². The molecule has 0 spiro atoms. The monoisotopic (exact) mass is 863 g/mol. The van der Waals surface area contributed by atoms with Crippen LogP contribution in [0, 0.1) is 17.8 Å². The third-order valence-corrected chi connectivity index (χ3v) is 12.8. The van der Waals surface area contributed by atoms with Gasteiger partial charge in [0.15, 0.2) is 6.10 Å². The highest BCUT2D eigenvalue weighted by Crippen LogP contribution is 2.18. The van der Waals surface area contributed by atoms with Crippen LogP contribution in [0.1, 0.15) is 298 Å². The van der Waals surface area contributed by atoms with Crippen LogP contribution in [0.25, 0.3) is 0 Å². The summed E-state index contributed by atoms with van der Waals surface area (Å²) in [5.41, 5.74) is 0. The second kappa shape index (κ2) is 46.4. The van der Waals surface area contributed by atoms with Crippen molar-refractivity contribution in [3.05, 3.63) is 0 Å². The topological polar surface area (TPSA) is 78.9 Å². The van der Waals surface area contributed by atoms with Gasteiger partial charge in [0.25, 0.3) is 0 Å². The summed E-state index contributed by atoms with van der Waals surface area (Å²) in [6, 6.07) is 0. The number of unbranched alkanes of at least 4 members (excludes halogenated alkanes) is 30. The van der Waals surface area contributed by atoms with Crippen LogP contribution in [0.3, 0.4) is 0 Å². The van der Waals surface area contributed by atoms with E-state index in [1.165, 1.54) is 180 Å². The van der Waals surface area contributed by atoms with Crippen LogP contribution in [0.5, 0.6) is 0 Å². The Balaban J connectivity index is 4.29. The number of carbonyl (C=O) groups excluding carboxylic acids is 3. The first-order valence-corrected chi connectivity index (χ1v) is 27.1. The number of hydrogen-bond donors (Lipinski definition) is 0. The summed E-state index contributed by atoms with van der Waals surface area (Å²) in [5.74, 6) is 1.66. The third-order valence-electron chi connectivity index (χ3n) is 12.8. The Morgan fingerprint density at radius 2 is 0.574 bits per heavy atom. The van der Waals surface area contributed by atoms with E-state index in [0.717, 1.165) is 75.5 Å². The van der Waals surface area contributed by atoms with Gasteiger partial charge >= 0.3 is 17.9 Å². The SMILES string of the molecule is CCC(C)CCCCCCCCCCC(=O)OC[C@@H](COC(=O)CCCCCCCCCCCC(C)C)OC(=O)CCCCCCCCCCCCCCCCCCC(C)C. The lowest BCUT2D eigenvalue weighted by Gasteiger charge is -2.18. The van der Waals surface area contributed by atoms with Crippen molar-refractivity contribution in [3.8, 4) is 0 Å². The first kappa shape index (κ1) is 59.4. The first-order valence-electron chi connectivity index (χ1n) is 27.1. The lowest BCUT2D eigenvalue weighted by atomic mass is 9.99. The van der Waals surface area contributed by atoms with E-state index in [2.05, 4.69) is 41.5 Å². The molecule has 0 aromatic heterocycles. The molecule has 0 radical (unpaired) electrons. The van der Waals surface area contributed by atoms with Gasteiger partial charge < -0.3 is 14.2 Å². The number of hydrogen-bond acceptors (Lipinski definition) is 6. The molecule has 6 nitrogen and oxygen atoms in total. The van der Waals surface area contributed by atoms with E-state index >= 15 is 0 Å². The summed E-state index contributed by atoms with van der Waals surface area (Å²) >= 11 is 0. The summed E-state index contributed by atoms with van der Waals surface area (Å²) in [5, 5.41) is 0. The lowest BCUT2D eigenvalue weighted by molar-refractivity contribution is -0.167. The average molecular weight is 863 g/mol. The number of ether oxygens (including phenoxy) is 3. The van der Waals surface area contributed by atoms with Crippen LogP contribution in [0.15, 0.2) is 0 Å². The smallest absolute Gasteiger partial charge is 0.306 e. The number of rotatable bonds is 48. The zero-order valence-corrected chi connectivity index (χ0v) is 42.0. The average Bonchev–Trinajstić information content (AvgIpc) is 3.23. The Hall–Kier alpha value is -1.59. The molecule has 1 unspecified atom stereocenters. The first-order chi connectivity index (χ1) is 29.6. The van der Waals surface area contributed by atoms with Gasteiger partial charge in [-0.2, -0.15) is 0 Å². The highest BCUT2D eigenvalue weighted by Gasteiger charge is 2.19. The number of esters is 3. The zero-order valence-electron chi connectivity index (χ0n) is 42.0. The zero-order chi connectivity index (χ0) is 44.9. The van der Waals surface area contributed by atoms with Gasteiger partial charge in [-0.15, -0.1) is 0 Å². The molecule has 0 aliphatic heterocycles. The minimum Gasteiger partial charge on any atom is -0.462 e. The van der Waals surface area contributed by atoms with Crippen LogP contribution >= 0.6 is 0 Å². The Kier molecular flexibility index (Phi) is 45.2. The van der Waals surface area contributed by atoms with Crippen LogP contribution < -0.4 is 0 Å². The molecule has 0 aromatic rings. The summed E-state index contributed by atoms with van der Waals surface area (Å²) in [7, 11) is 0. The van der Waals surface area contributed by atoms with Gasteiger partial charge in [-0.1, -0.05) is 260 Å². The Labute approximate surface area is 380 Å². The predicted octanol–water partition coefficient (Wildman–Crippen LogP) is 17.6. The second-order valence-corrected chi connectivity index (χ2v) is 20.1. The van der Waals surface area contributed by atoms with Crippen LogP contribution in [-0.4, -0.2) is 37.2 Å². The Morgan fingerprint density at radius 3 is 0.852 bits per heavy atom. The van der Waals surface area contributed by atoms with Crippen molar-refractivity contribution in [2.45, 2.75) is 304 Å². The van der Waals surface area contributed by atoms with Crippen molar-refractivity contribution in [3.63, 3.8) is 0 Å². The molecule has 0 saturated heterocycles. The molecular weight excluding hydrogens is 757 g/mol. The molecule has 0 N–H and O–H groups in total. The largest absolute Gasteiger partial charge is 0.462 e. The number of carbonyl (C=O) groups is 3. The van der Waals surface area contributed by atoms with E-state index in [1.807, 2.05) is 0 Å². The maximum absolute atomic E-state index is 12.8. The van der Waals surface area contributed by atoms with Crippen molar-refractivity contribution < 1.29 is 28.6 Å². The molecule has 0 aliphatic carbocycles. The fourth-order valence-corrected chi connectivity index (χ4v) is 8.26. The van der Waals surface area contributed by atoms with Crippen molar-refractivity contribution in [1.82, 2.24) is 0 Å². The van der Waals surface area contributed by atoms with Crippen molar-refractivity contribution in [2.24, 2.45) is 17.8 Å². The third kappa shape index (κ3) is 47.7. The van der Waals surface area contributed by atoms with Crippen LogP contribution in [-0.2, 0) is 28.6 Å². The van der Waals surface area contributed by atoms with E-state index in [4.69, 9.17) is 14.2 Å².